The Hall–Kier alpha value is -3.22. The van der Waals surface area contributed by atoms with E-state index in [1.165, 1.54) is 0 Å². The highest BCUT2D eigenvalue weighted by Gasteiger charge is 2.16. The second-order valence-corrected chi connectivity index (χ2v) is 6.68. The van der Waals surface area contributed by atoms with Crippen LogP contribution in [0, 0.1) is 6.92 Å². The van der Waals surface area contributed by atoms with Gasteiger partial charge in [-0.3, -0.25) is 0 Å². The maximum atomic E-state index is 5.40. The van der Waals surface area contributed by atoms with Crippen LogP contribution in [0.4, 0.5) is 5.69 Å². The number of anilines is 1. The Morgan fingerprint density at radius 1 is 1.21 bits per heavy atom. The van der Waals surface area contributed by atoms with Gasteiger partial charge in [0.2, 0.25) is 11.6 Å². The molecule has 0 amide bonds. The molecule has 0 saturated heterocycles. The molecule has 7 nitrogen and oxygen atoms in total. The van der Waals surface area contributed by atoms with Crippen molar-refractivity contribution in [3.8, 4) is 11.6 Å². The molecule has 0 bridgehead atoms. The van der Waals surface area contributed by atoms with Gasteiger partial charge in [0.15, 0.2) is 0 Å². The monoisotopic (exact) mass is 378 g/mol. The van der Waals surface area contributed by atoms with E-state index >= 15 is 0 Å². The highest BCUT2D eigenvalue weighted by Crippen LogP contribution is 2.19. The number of hydrogen-bond donors (Lipinski definition) is 0. The van der Waals surface area contributed by atoms with Crippen molar-refractivity contribution in [1.29, 1.82) is 0 Å². The molecule has 0 saturated carbocycles. The highest BCUT2D eigenvalue weighted by molar-refractivity contribution is 5.68. The topological polar surface area (TPSA) is 72.9 Å². The van der Waals surface area contributed by atoms with E-state index in [1.54, 1.807) is 0 Å². The van der Waals surface area contributed by atoms with E-state index in [1.807, 2.05) is 50.8 Å². The molecule has 1 aromatic carbocycles. The Bertz CT molecular complexity index is 996. The van der Waals surface area contributed by atoms with Gasteiger partial charge in [-0.05, 0) is 38.0 Å². The first-order chi connectivity index (χ1) is 13.5. The van der Waals surface area contributed by atoms with Crippen LogP contribution in [0.3, 0.4) is 0 Å². The van der Waals surface area contributed by atoms with Gasteiger partial charge in [-0.25, -0.2) is 9.67 Å². The van der Waals surface area contributed by atoms with Crippen molar-refractivity contribution in [3.63, 3.8) is 0 Å². The van der Waals surface area contributed by atoms with Gasteiger partial charge in [0.05, 0.1) is 6.54 Å². The molecular formula is C21H26N6O. The van der Waals surface area contributed by atoms with Crippen molar-refractivity contribution < 1.29 is 4.52 Å². The summed E-state index contributed by atoms with van der Waals surface area (Å²) in [6.45, 7) is 6.58. The Morgan fingerprint density at radius 3 is 2.75 bits per heavy atom. The van der Waals surface area contributed by atoms with E-state index in [4.69, 9.17) is 4.52 Å². The van der Waals surface area contributed by atoms with E-state index < -0.39 is 0 Å². The number of hydrogen-bond acceptors (Lipinski definition) is 6. The predicted octanol–water partition coefficient (Wildman–Crippen LogP) is 4.12. The van der Waals surface area contributed by atoms with Gasteiger partial charge >= 0.3 is 0 Å². The number of allylic oxidation sites excluding steroid dienone is 4. The summed E-state index contributed by atoms with van der Waals surface area (Å²) in [5.74, 6) is 2.12. The summed E-state index contributed by atoms with van der Waals surface area (Å²) in [6.07, 6.45) is 6.92. The third-order valence-corrected chi connectivity index (χ3v) is 4.33. The molecule has 28 heavy (non-hydrogen) atoms. The van der Waals surface area contributed by atoms with Crippen LogP contribution < -0.4 is 4.90 Å². The van der Waals surface area contributed by atoms with Gasteiger partial charge in [-0.15, -0.1) is 5.10 Å². The van der Waals surface area contributed by atoms with Gasteiger partial charge in [-0.2, -0.15) is 4.98 Å². The molecule has 0 N–H and O–H groups in total. The molecule has 3 aromatic rings. The van der Waals surface area contributed by atoms with E-state index in [9.17, 15) is 0 Å². The van der Waals surface area contributed by atoms with E-state index in [0.29, 0.717) is 24.1 Å². The van der Waals surface area contributed by atoms with Crippen LogP contribution in [-0.4, -0.2) is 39.0 Å². The molecule has 0 unspecified atom stereocenters. The first-order valence-electron chi connectivity index (χ1n) is 9.36. The summed E-state index contributed by atoms with van der Waals surface area (Å²) < 4.78 is 7.26. The standard InChI is InChI=1S/C21H26N6O/c1-6-8-11-17(7-2)21-23-20(25-28-21)19-22-15(3)27(24-19)14-16-10-9-12-18(13-16)26(4)5/h7-13H,6,14H2,1-5H3. The molecular weight excluding hydrogens is 352 g/mol. The quantitative estimate of drug-likeness (QED) is 0.576. The van der Waals surface area contributed by atoms with Crippen molar-refractivity contribution in [3.05, 3.63) is 59.8 Å². The largest absolute Gasteiger partial charge is 0.378 e. The van der Waals surface area contributed by atoms with Crippen LogP contribution >= 0.6 is 0 Å². The van der Waals surface area contributed by atoms with Crippen molar-refractivity contribution in [2.24, 2.45) is 0 Å². The average Bonchev–Trinajstić information content (AvgIpc) is 3.30. The number of benzene rings is 1. The molecule has 0 aliphatic rings. The van der Waals surface area contributed by atoms with Gasteiger partial charge in [0, 0.05) is 25.4 Å². The molecule has 0 spiro atoms. The average molecular weight is 378 g/mol. The lowest BCUT2D eigenvalue weighted by atomic mass is 10.2. The Labute approximate surface area is 165 Å². The van der Waals surface area contributed by atoms with Gasteiger partial charge in [0.1, 0.15) is 5.82 Å². The predicted molar refractivity (Wildman–Crippen MR) is 111 cm³/mol. The molecule has 0 fully saturated rings. The van der Waals surface area contributed by atoms with Crippen molar-refractivity contribution >= 4 is 11.3 Å². The molecule has 0 aliphatic carbocycles. The van der Waals surface area contributed by atoms with E-state index in [2.05, 4.69) is 56.3 Å². The lowest BCUT2D eigenvalue weighted by molar-refractivity contribution is 0.408. The summed E-state index contributed by atoms with van der Waals surface area (Å²) in [5.41, 5.74) is 3.19. The zero-order valence-corrected chi connectivity index (χ0v) is 17.0. The van der Waals surface area contributed by atoms with Crippen molar-refractivity contribution in [2.75, 3.05) is 19.0 Å². The van der Waals surface area contributed by atoms with Crippen LogP contribution in [0.5, 0.6) is 0 Å². The first kappa shape index (κ1) is 19.5. The lowest BCUT2D eigenvalue weighted by Crippen LogP contribution is -2.10. The molecule has 0 aliphatic heterocycles. The SMILES string of the molecule is CC=C(C=CCC)c1nc(-c2nc(C)n(Cc3cccc(N(C)C)c3)n2)no1. The fourth-order valence-electron chi connectivity index (χ4n) is 2.74. The Kier molecular flexibility index (Phi) is 6.03. The highest BCUT2D eigenvalue weighted by atomic mass is 16.5. The van der Waals surface area contributed by atoms with Crippen LogP contribution in [0.2, 0.25) is 0 Å². The maximum Gasteiger partial charge on any atom is 0.257 e. The lowest BCUT2D eigenvalue weighted by Gasteiger charge is -2.13. The molecule has 146 valence electrons. The van der Waals surface area contributed by atoms with Crippen molar-refractivity contribution in [2.45, 2.75) is 33.7 Å². The van der Waals surface area contributed by atoms with Crippen LogP contribution in [0.1, 0.15) is 37.5 Å². The smallest absolute Gasteiger partial charge is 0.257 e. The maximum absolute atomic E-state index is 5.40. The molecule has 7 heteroatoms. The Balaban J connectivity index is 1.83. The number of nitrogens with zero attached hydrogens (tertiary/aromatic N) is 6. The second kappa shape index (κ2) is 8.65. The summed E-state index contributed by atoms with van der Waals surface area (Å²) in [4.78, 5) is 11.1. The Morgan fingerprint density at radius 2 is 2.04 bits per heavy atom. The number of rotatable bonds is 7. The normalized spacial score (nSPS) is 12.1. The van der Waals surface area contributed by atoms with Gasteiger partial charge in [-0.1, -0.05) is 42.4 Å². The summed E-state index contributed by atoms with van der Waals surface area (Å²) in [6, 6.07) is 8.35. The first-order valence-corrected chi connectivity index (χ1v) is 9.36. The number of aryl methyl sites for hydroxylation is 1. The molecule has 2 aromatic heterocycles. The molecule has 0 radical (unpaired) electrons. The van der Waals surface area contributed by atoms with Crippen LogP contribution in [0.15, 0.2) is 47.0 Å². The minimum absolute atomic E-state index is 0.392. The third kappa shape index (κ3) is 4.36. The van der Waals surface area contributed by atoms with E-state index in [0.717, 1.165) is 29.1 Å². The van der Waals surface area contributed by atoms with Crippen LogP contribution in [-0.2, 0) is 6.54 Å². The summed E-state index contributed by atoms with van der Waals surface area (Å²) in [5, 5.41) is 8.64. The minimum Gasteiger partial charge on any atom is -0.378 e. The molecule has 2 heterocycles. The van der Waals surface area contributed by atoms with E-state index in [-0.39, 0.29) is 0 Å². The summed E-state index contributed by atoms with van der Waals surface area (Å²) >= 11 is 0. The summed E-state index contributed by atoms with van der Waals surface area (Å²) in [7, 11) is 4.06. The van der Waals surface area contributed by atoms with Gasteiger partial charge in [0.25, 0.3) is 5.89 Å². The fraction of sp³-hybridized carbons (Fsp3) is 0.333. The minimum atomic E-state index is 0.392. The third-order valence-electron chi connectivity index (χ3n) is 4.33. The second-order valence-electron chi connectivity index (χ2n) is 6.68. The number of aromatic nitrogens is 5. The zero-order valence-electron chi connectivity index (χ0n) is 17.0. The molecule has 0 atom stereocenters. The van der Waals surface area contributed by atoms with Crippen molar-refractivity contribution in [1.82, 2.24) is 24.9 Å². The molecule has 3 rings (SSSR count). The van der Waals surface area contributed by atoms with Crippen LogP contribution in [0.25, 0.3) is 17.2 Å². The zero-order chi connectivity index (χ0) is 20.1. The fourth-order valence-corrected chi connectivity index (χ4v) is 2.74. The van der Waals surface area contributed by atoms with Gasteiger partial charge < -0.3 is 9.42 Å².